The minimum Gasteiger partial charge on any atom is -0.484 e. The first kappa shape index (κ1) is 19.7. The van der Waals surface area contributed by atoms with Gasteiger partial charge in [-0.05, 0) is 48.9 Å². The predicted molar refractivity (Wildman–Crippen MR) is 111 cm³/mol. The molecule has 0 atom stereocenters. The number of aryl methyl sites for hydroxylation is 1. The van der Waals surface area contributed by atoms with Crippen LogP contribution in [0.5, 0.6) is 5.75 Å². The lowest BCUT2D eigenvalue weighted by Gasteiger charge is -2.36. The molecule has 2 aromatic rings. The van der Waals surface area contributed by atoms with E-state index in [1.807, 2.05) is 67.3 Å². The van der Waals surface area contributed by atoms with Crippen molar-refractivity contribution in [1.82, 2.24) is 4.90 Å². The second kappa shape index (κ2) is 9.26. The summed E-state index contributed by atoms with van der Waals surface area (Å²) in [5.74, 6) is 0.706. The summed E-state index contributed by atoms with van der Waals surface area (Å²) in [5.41, 5.74) is 2.92. The van der Waals surface area contributed by atoms with E-state index in [4.69, 9.17) is 4.74 Å². The smallest absolute Gasteiger partial charge is 0.262 e. The van der Waals surface area contributed by atoms with Gasteiger partial charge in [0, 0.05) is 44.0 Å². The molecular formula is C22H27N3O3. The van der Waals surface area contributed by atoms with Crippen LogP contribution in [0, 0.1) is 6.92 Å². The van der Waals surface area contributed by atoms with Crippen LogP contribution in [0.1, 0.15) is 18.9 Å². The van der Waals surface area contributed by atoms with Crippen LogP contribution in [0.3, 0.4) is 0 Å². The van der Waals surface area contributed by atoms with Gasteiger partial charge in [-0.2, -0.15) is 0 Å². The Kier molecular flexibility index (Phi) is 6.53. The van der Waals surface area contributed by atoms with E-state index in [-0.39, 0.29) is 18.4 Å². The molecule has 1 N–H and O–H groups in total. The Morgan fingerprint density at radius 3 is 2.39 bits per heavy atom. The summed E-state index contributed by atoms with van der Waals surface area (Å²) in [7, 11) is 0. The van der Waals surface area contributed by atoms with Gasteiger partial charge in [-0.15, -0.1) is 0 Å². The number of carbonyl (C=O) groups is 2. The lowest BCUT2D eigenvalue weighted by atomic mass is 10.2. The first-order chi connectivity index (χ1) is 13.5. The zero-order valence-electron chi connectivity index (χ0n) is 16.5. The number of benzene rings is 2. The van der Waals surface area contributed by atoms with Crippen LogP contribution < -0.4 is 15.0 Å². The highest BCUT2D eigenvalue weighted by Crippen LogP contribution is 2.20. The van der Waals surface area contributed by atoms with Gasteiger partial charge in [-0.3, -0.25) is 9.59 Å². The third kappa shape index (κ3) is 5.25. The van der Waals surface area contributed by atoms with Crippen LogP contribution in [0.15, 0.2) is 48.5 Å². The zero-order valence-corrected chi connectivity index (χ0v) is 16.5. The number of ether oxygens (including phenoxy) is 1. The maximum absolute atomic E-state index is 12.1. The molecule has 0 radical (unpaired) electrons. The summed E-state index contributed by atoms with van der Waals surface area (Å²) in [5, 5.41) is 2.85. The normalized spacial score (nSPS) is 13.9. The molecule has 1 aliphatic heterocycles. The first-order valence-electron chi connectivity index (χ1n) is 9.67. The van der Waals surface area contributed by atoms with E-state index in [2.05, 4.69) is 10.2 Å². The van der Waals surface area contributed by atoms with Crippen LogP contribution in [0.25, 0.3) is 0 Å². The Hall–Kier alpha value is -3.02. The second-order valence-electron chi connectivity index (χ2n) is 6.92. The van der Waals surface area contributed by atoms with E-state index < -0.39 is 0 Å². The summed E-state index contributed by atoms with van der Waals surface area (Å²) < 4.78 is 5.53. The minimum atomic E-state index is -0.194. The van der Waals surface area contributed by atoms with Crippen LogP contribution in [0.2, 0.25) is 0 Å². The van der Waals surface area contributed by atoms with Gasteiger partial charge in [0.05, 0.1) is 0 Å². The molecule has 148 valence electrons. The van der Waals surface area contributed by atoms with E-state index in [0.29, 0.717) is 12.2 Å². The molecule has 28 heavy (non-hydrogen) atoms. The Balaban J connectivity index is 1.48. The van der Waals surface area contributed by atoms with E-state index in [1.165, 1.54) is 0 Å². The molecule has 0 bridgehead atoms. The van der Waals surface area contributed by atoms with E-state index >= 15 is 0 Å². The minimum absolute atomic E-state index is 0.0291. The standard InChI is InChI=1S/C22H27N3O3/c1-3-22(27)25-13-11-24(12-14-25)19-9-7-18(8-10-19)23-21(26)16-28-20-6-4-5-17(2)15-20/h4-10,15H,3,11-14,16H2,1-2H3,(H,23,26). The molecule has 3 rings (SSSR count). The second-order valence-corrected chi connectivity index (χ2v) is 6.92. The Morgan fingerprint density at radius 2 is 1.75 bits per heavy atom. The summed E-state index contributed by atoms with van der Waals surface area (Å²) >= 11 is 0. The fraction of sp³-hybridized carbons (Fsp3) is 0.364. The molecule has 0 spiro atoms. The average molecular weight is 381 g/mol. The monoisotopic (exact) mass is 381 g/mol. The van der Waals surface area contributed by atoms with E-state index in [1.54, 1.807) is 0 Å². The molecule has 1 saturated heterocycles. The van der Waals surface area contributed by atoms with Crippen LogP contribution in [-0.4, -0.2) is 49.5 Å². The van der Waals surface area contributed by atoms with Gasteiger partial charge in [0.1, 0.15) is 5.75 Å². The Bertz CT molecular complexity index is 812. The van der Waals surface area contributed by atoms with Gasteiger partial charge in [0.25, 0.3) is 5.91 Å². The molecule has 0 aromatic heterocycles. The number of carbonyl (C=O) groups excluding carboxylic acids is 2. The maximum Gasteiger partial charge on any atom is 0.262 e. The number of anilines is 2. The molecule has 1 heterocycles. The molecule has 0 saturated carbocycles. The highest BCUT2D eigenvalue weighted by atomic mass is 16.5. The third-order valence-corrected chi connectivity index (χ3v) is 4.81. The van der Waals surface area contributed by atoms with Gasteiger partial charge in [0.15, 0.2) is 6.61 Å². The van der Waals surface area contributed by atoms with Gasteiger partial charge in [-0.25, -0.2) is 0 Å². The number of hydrogen-bond acceptors (Lipinski definition) is 4. The number of hydrogen-bond donors (Lipinski definition) is 1. The molecule has 2 amide bonds. The molecule has 6 heteroatoms. The quantitative estimate of drug-likeness (QED) is 0.835. The van der Waals surface area contributed by atoms with Gasteiger partial charge in [-0.1, -0.05) is 19.1 Å². The molecular weight excluding hydrogens is 354 g/mol. The van der Waals surface area contributed by atoms with Crippen LogP contribution >= 0.6 is 0 Å². The van der Waals surface area contributed by atoms with Crippen molar-refractivity contribution in [2.45, 2.75) is 20.3 Å². The number of amides is 2. The highest BCUT2D eigenvalue weighted by Gasteiger charge is 2.20. The van der Waals surface area contributed by atoms with Crippen molar-refractivity contribution in [1.29, 1.82) is 0 Å². The number of piperazine rings is 1. The van der Waals surface area contributed by atoms with Crippen molar-refractivity contribution < 1.29 is 14.3 Å². The van der Waals surface area contributed by atoms with E-state index in [0.717, 1.165) is 43.1 Å². The Labute approximate surface area is 166 Å². The molecule has 2 aromatic carbocycles. The molecule has 1 aliphatic rings. The highest BCUT2D eigenvalue weighted by molar-refractivity contribution is 5.92. The van der Waals surface area contributed by atoms with Gasteiger partial charge >= 0.3 is 0 Å². The van der Waals surface area contributed by atoms with Crippen molar-refractivity contribution in [2.75, 3.05) is 43.0 Å². The molecule has 6 nitrogen and oxygen atoms in total. The maximum atomic E-state index is 12.1. The summed E-state index contributed by atoms with van der Waals surface area (Å²) in [6.45, 7) is 6.99. The van der Waals surface area contributed by atoms with E-state index in [9.17, 15) is 9.59 Å². The van der Waals surface area contributed by atoms with Crippen LogP contribution in [0.4, 0.5) is 11.4 Å². The average Bonchev–Trinajstić information content (AvgIpc) is 2.72. The zero-order chi connectivity index (χ0) is 19.9. The molecule has 0 aliphatic carbocycles. The summed E-state index contributed by atoms with van der Waals surface area (Å²) in [6, 6.07) is 15.4. The van der Waals surface area contributed by atoms with Crippen LogP contribution in [-0.2, 0) is 9.59 Å². The number of nitrogens with zero attached hydrogens (tertiary/aromatic N) is 2. The van der Waals surface area contributed by atoms with Crippen molar-refractivity contribution in [3.8, 4) is 5.75 Å². The first-order valence-corrected chi connectivity index (χ1v) is 9.67. The molecule has 0 unspecified atom stereocenters. The fourth-order valence-electron chi connectivity index (χ4n) is 3.24. The Morgan fingerprint density at radius 1 is 1.04 bits per heavy atom. The summed E-state index contributed by atoms with van der Waals surface area (Å²) in [6.07, 6.45) is 0.558. The van der Waals surface area contributed by atoms with Crippen molar-refractivity contribution in [3.05, 3.63) is 54.1 Å². The number of nitrogens with one attached hydrogen (secondary N) is 1. The van der Waals surface area contributed by atoms with Gasteiger partial charge < -0.3 is 19.9 Å². The largest absolute Gasteiger partial charge is 0.484 e. The molecule has 1 fully saturated rings. The lowest BCUT2D eigenvalue weighted by molar-refractivity contribution is -0.131. The van der Waals surface area contributed by atoms with Crippen molar-refractivity contribution >= 4 is 23.2 Å². The fourth-order valence-corrected chi connectivity index (χ4v) is 3.24. The SMILES string of the molecule is CCC(=O)N1CCN(c2ccc(NC(=O)COc3cccc(C)c3)cc2)CC1. The van der Waals surface area contributed by atoms with Crippen molar-refractivity contribution in [3.63, 3.8) is 0 Å². The summed E-state index contributed by atoms with van der Waals surface area (Å²) in [4.78, 5) is 28.0. The topological polar surface area (TPSA) is 61.9 Å². The number of rotatable bonds is 6. The lowest BCUT2D eigenvalue weighted by Crippen LogP contribution is -2.48. The third-order valence-electron chi connectivity index (χ3n) is 4.81. The van der Waals surface area contributed by atoms with Crippen molar-refractivity contribution in [2.24, 2.45) is 0 Å². The predicted octanol–water partition coefficient (Wildman–Crippen LogP) is 3.07. The van der Waals surface area contributed by atoms with Gasteiger partial charge in [0.2, 0.25) is 5.91 Å².